The molecule has 1 saturated heterocycles. The van der Waals surface area contributed by atoms with E-state index in [1.165, 1.54) is 4.90 Å². The molecule has 6 nitrogen and oxygen atoms in total. The van der Waals surface area contributed by atoms with Gasteiger partial charge in [-0.3, -0.25) is 9.59 Å². The molecular formula is C22H26N2O4. The lowest BCUT2D eigenvalue weighted by molar-refractivity contribution is -0.154. The molecule has 28 heavy (non-hydrogen) atoms. The van der Waals surface area contributed by atoms with E-state index in [9.17, 15) is 9.59 Å². The lowest BCUT2D eigenvalue weighted by Gasteiger charge is -2.39. The van der Waals surface area contributed by atoms with Crippen LogP contribution >= 0.6 is 0 Å². The molecule has 1 fully saturated rings. The van der Waals surface area contributed by atoms with E-state index in [-0.39, 0.29) is 18.4 Å². The van der Waals surface area contributed by atoms with Crippen molar-refractivity contribution in [2.75, 3.05) is 33.9 Å². The molecule has 0 saturated carbocycles. The van der Waals surface area contributed by atoms with Gasteiger partial charge < -0.3 is 19.3 Å². The van der Waals surface area contributed by atoms with Gasteiger partial charge in [0.15, 0.2) is 0 Å². The van der Waals surface area contributed by atoms with Crippen LogP contribution in [0.1, 0.15) is 12.0 Å². The zero-order valence-corrected chi connectivity index (χ0v) is 16.3. The van der Waals surface area contributed by atoms with Gasteiger partial charge in [0.2, 0.25) is 11.8 Å². The number of amides is 2. The highest BCUT2D eigenvalue weighted by Gasteiger charge is 2.37. The standard InChI is InChI=1S/C22H26N2O4/c1-23-16-21(25)24(20(22(23)26)15-17-7-4-3-5-8-17)13-6-14-28-19-11-9-18(27-2)10-12-19/h3-5,7-12,20H,6,13-16H2,1-2H3/t20-/m1/s1. The summed E-state index contributed by atoms with van der Waals surface area (Å²) in [5, 5.41) is 0. The maximum atomic E-state index is 12.7. The van der Waals surface area contributed by atoms with E-state index in [1.807, 2.05) is 54.6 Å². The van der Waals surface area contributed by atoms with Crippen LogP contribution in [0.25, 0.3) is 0 Å². The fourth-order valence-corrected chi connectivity index (χ4v) is 3.35. The minimum Gasteiger partial charge on any atom is -0.497 e. The quantitative estimate of drug-likeness (QED) is 0.658. The Morgan fingerprint density at radius 2 is 1.68 bits per heavy atom. The van der Waals surface area contributed by atoms with Crippen molar-refractivity contribution in [2.45, 2.75) is 18.9 Å². The summed E-state index contributed by atoms with van der Waals surface area (Å²) in [6, 6.07) is 16.7. The fraction of sp³-hybridized carbons (Fsp3) is 0.364. The Morgan fingerprint density at radius 1 is 1.00 bits per heavy atom. The molecule has 2 aromatic carbocycles. The number of hydrogen-bond donors (Lipinski definition) is 0. The Kier molecular flexibility index (Phi) is 6.53. The summed E-state index contributed by atoms with van der Waals surface area (Å²) in [7, 11) is 3.30. The Hall–Kier alpha value is -3.02. The zero-order valence-electron chi connectivity index (χ0n) is 16.3. The van der Waals surface area contributed by atoms with Gasteiger partial charge in [0.1, 0.15) is 17.5 Å². The van der Waals surface area contributed by atoms with Crippen LogP contribution in [0, 0.1) is 0 Å². The summed E-state index contributed by atoms with van der Waals surface area (Å²) >= 11 is 0. The van der Waals surface area contributed by atoms with Crippen LogP contribution in [0.5, 0.6) is 11.5 Å². The number of carbonyl (C=O) groups excluding carboxylic acids is 2. The summed E-state index contributed by atoms with van der Waals surface area (Å²) in [5.74, 6) is 1.49. The van der Waals surface area contributed by atoms with Crippen molar-refractivity contribution >= 4 is 11.8 Å². The van der Waals surface area contributed by atoms with Crippen LogP contribution < -0.4 is 9.47 Å². The third-order valence-corrected chi connectivity index (χ3v) is 4.87. The zero-order chi connectivity index (χ0) is 19.9. The fourth-order valence-electron chi connectivity index (χ4n) is 3.35. The monoisotopic (exact) mass is 382 g/mol. The van der Waals surface area contributed by atoms with E-state index in [0.717, 1.165) is 17.1 Å². The second kappa shape index (κ2) is 9.26. The normalized spacial score (nSPS) is 17.0. The van der Waals surface area contributed by atoms with Crippen molar-refractivity contribution in [1.82, 2.24) is 9.80 Å². The molecule has 1 heterocycles. The highest BCUT2D eigenvalue weighted by Crippen LogP contribution is 2.19. The third kappa shape index (κ3) is 4.82. The third-order valence-electron chi connectivity index (χ3n) is 4.87. The van der Waals surface area contributed by atoms with E-state index in [4.69, 9.17) is 9.47 Å². The first-order valence-electron chi connectivity index (χ1n) is 9.43. The highest BCUT2D eigenvalue weighted by atomic mass is 16.5. The molecule has 0 unspecified atom stereocenters. The minimum absolute atomic E-state index is 0.0143. The van der Waals surface area contributed by atoms with E-state index in [2.05, 4.69) is 0 Å². The molecule has 3 rings (SSSR count). The molecular weight excluding hydrogens is 356 g/mol. The second-order valence-electron chi connectivity index (χ2n) is 6.86. The van der Waals surface area contributed by atoms with Crippen LogP contribution in [0.2, 0.25) is 0 Å². The van der Waals surface area contributed by atoms with Gasteiger partial charge in [-0.05, 0) is 36.2 Å². The lowest BCUT2D eigenvalue weighted by Crippen LogP contribution is -2.59. The smallest absolute Gasteiger partial charge is 0.245 e. The van der Waals surface area contributed by atoms with Gasteiger partial charge in [0.05, 0.1) is 20.3 Å². The summed E-state index contributed by atoms with van der Waals surface area (Å²) in [6.45, 7) is 1.09. The van der Waals surface area contributed by atoms with Crippen LogP contribution in [0.3, 0.4) is 0 Å². The molecule has 148 valence electrons. The molecule has 6 heteroatoms. The number of piperazine rings is 1. The van der Waals surface area contributed by atoms with Crippen LogP contribution in [-0.2, 0) is 16.0 Å². The van der Waals surface area contributed by atoms with Crippen molar-refractivity contribution in [3.05, 3.63) is 60.2 Å². The molecule has 0 aromatic heterocycles. The second-order valence-corrected chi connectivity index (χ2v) is 6.86. The van der Waals surface area contributed by atoms with Gasteiger partial charge in [-0.2, -0.15) is 0 Å². The molecule has 1 aliphatic rings. The number of likely N-dealkylation sites (N-methyl/N-ethyl adjacent to an activating group) is 1. The van der Waals surface area contributed by atoms with Crippen molar-refractivity contribution in [2.24, 2.45) is 0 Å². The highest BCUT2D eigenvalue weighted by molar-refractivity contribution is 5.94. The Balaban J connectivity index is 1.58. The summed E-state index contributed by atoms with van der Waals surface area (Å²) in [4.78, 5) is 28.5. The van der Waals surface area contributed by atoms with Crippen molar-refractivity contribution in [3.8, 4) is 11.5 Å². The lowest BCUT2D eigenvalue weighted by atomic mass is 10.0. The summed E-state index contributed by atoms with van der Waals surface area (Å²) < 4.78 is 10.9. The maximum Gasteiger partial charge on any atom is 0.245 e. The van der Waals surface area contributed by atoms with Gasteiger partial charge in [-0.1, -0.05) is 30.3 Å². The number of benzene rings is 2. The van der Waals surface area contributed by atoms with Gasteiger partial charge >= 0.3 is 0 Å². The average molecular weight is 382 g/mol. The predicted octanol–water partition coefficient (Wildman–Crippen LogP) is 2.38. The maximum absolute atomic E-state index is 12.7. The minimum atomic E-state index is -0.463. The number of ether oxygens (including phenoxy) is 2. The van der Waals surface area contributed by atoms with Crippen molar-refractivity contribution in [1.29, 1.82) is 0 Å². The Morgan fingerprint density at radius 3 is 2.36 bits per heavy atom. The molecule has 2 aromatic rings. The predicted molar refractivity (Wildman–Crippen MR) is 106 cm³/mol. The van der Waals surface area contributed by atoms with Crippen LogP contribution in [0.4, 0.5) is 0 Å². The number of rotatable bonds is 8. The average Bonchev–Trinajstić information content (AvgIpc) is 2.72. The molecule has 1 aliphatic heterocycles. The number of methoxy groups -OCH3 is 1. The van der Waals surface area contributed by atoms with E-state index >= 15 is 0 Å². The van der Waals surface area contributed by atoms with Crippen LogP contribution in [0.15, 0.2) is 54.6 Å². The van der Waals surface area contributed by atoms with E-state index in [0.29, 0.717) is 26.0 Å². The molecule has 0 radical (unpaired) electrons. The molecule has 2 amide bonds. The first-order chi connectivity index (χ1) is 13.6. The van der Waals surface area contributed by atoms with Crippen LogP contribution in [-0.4, -0.2) is 61.5 Å². The number of hydrogen-bond acceptors (Lipinski definition) is 4. The van der Waals surface area contributed by atoms with E-state index < -0.39 is 6.04 Å². The summed E-state index contributed by atoms with van der Waals surface area (Å²) in [6.07, 6.45) is 1.18. The SMILES string of the molecule is COc1ccc(OCCCN2C(=O)CN(C)C(=O)[C@H]2Cc2ccccc2)cc1. The number of carbonyl (C=O) groups is 2. The Bertz CT molecular complexity index is 792. The summed E-state index contributed by atoms with van der Waals surface area (Å²) in [5.41, 5.74) is 1.04. The molecule has 1 atom stereocenters. The number of nitrogens with zero attached hydrogens (tertiary/aromatic N) is 2. The first kappa shape index (κ1) is 19.7. The molecule has 0 N–H and O–H groups in total. The topological polar surface area (TPSA) is 59.1 Å². The molecule has 0 bridgehead atoms. The largest absolute Gasteiger partial charge is 0.497 e. The van der Waals surface area contributed by atoms with Gasteiger partial charge in [-0.25, -0.2) is 0 Å². The van der Waals surface area contributed by atoms with E-state index in [1.54, 1.807) is 19.1 Å². The Labute approximate surface area is 165 Å². The first-order valence-corrected chi connectivity index (χ1v) is 9.43. The van der Waals surface area contributed by atoms with Gasteiger partial charge in [-0.15, -0.1) is 0 Å². The van der Waals surface area contributed by atoms with Gasteiger partial charge in [0.25, 0.3) is 0 Å². The van der Waals surface area contributed by atoms with Crippen molar-refractivity contribution in [3.63, 3.8) is 0 Å². The molecule has 0 spiro atoms. The van der Waals surface area contributed by atoms with Crippen molar-refractivity contribution < 1.29 is 19.1 Å². The molecule has 0 aliphatic carbocycles. The van der Waals surface area contributed by atoms with Gasteiger partial charge in [0, 0.05) is 20.0 Å².